The number of rotatable bonds is 5. The number of esters is 2. The molecule has 1 aliphatic rings. The lowest BCUT2D eigenvalue weighted by Crippen LogP contribution is -2.10. The first kappa shape index (κ1) is 24.7. The van der Waals surface area contributed by atoms with E-state index in [1.165, 1.54) is 25.3 Å². The molecule has 0 atom stereocenters. The second-order valence-corrected chi connectivity index (χ2v) is 9.70. The maximum absolute atomic E-state index is 12.6. The van der Waals surface area contributed by atoms with Gasteiger partial charge in [0.25, 0.3) is 0 Å². The molecule has 10 heteroatoms. The average Bonchev–Trinajstić information content (AvgIpc) is 3.17. The lowest BCUT2D eigenvalue weighted by Gasteiger charge is -2.12. The number of carbonyl (C=O) groups excluding carboxylic acids is 2. The van der Waals surface area contributed by atoms with Crippen molar-refractivity contribution in [3.8, 4) is 11.5 Å². The van der Waals surface area contributed by atoms with E-state index in [0.717, 1.165) is 8.04 Å². The largest absolute Gasteiger partial charge is 0.493 e. The number of ether oxygens (including phenoxy) is 3. The zero-order valence-electron chi connectivity index (χ0n) is 17.3. The summed E-state index contributed by atoms with van der Waals surface area (Å²) in [6.45, 7) is 0. The molecular formula is C24H13BrCl2INO5. The Bertz CT molecular complexity index is 1390. The Labute approximate surface area is 226 Å². The van der Waals surface area contributed by atoms with Crippen LogP contribution in [0.25, 0.3) is 6.08 Å². The summed E-state index contributed by atoms with van der Waals surface area (Å²) in [7, 11) is 1.41. The minimum absolute atomic E-state index is 0.0261. The van der Waals surface area contributed by atoms with E-state index in [-0.39, 0.29) is 38.7 Å². The monoisotopic (exact) mass is 671 g/mol. The van der Waals surface area contributed by atoms with Crippen LogP contribution in [0.3, 0.4) is 0 Å². The maximum Gasteiger partial charge on any atom is 0.363 e. The van der Waals surface area contributed by atoms with Crippen molar-refractivity contribution in [1.29, 1.82) is 0 Å². The van der Waals surface area contributed by atoms with Gasteiger partial charge in [0.15, 0.2) is 17.2 Å². The molecule has 0 aromatic heterocycles. The summed E-state index contributed by atoms with van der Waals surface area (Å²) in [5, 5.41) is 0.348. The predicted octanol–water partition coefficient (Wildman–Crippen LogP) is 6.93. The van der Waals surface area contributed by atoms with Crippen LogP contribution >= 0.6 is 61.7 Å². The first-order chi connectivity index (χ1) is 16.3. The summed E-state index contributed by atoms with van der Waals surface area (Å²) >= 11 is 18.1. The molecule has 0 aliphatic carbocycles. The maximum atomic E-state index is 12.6. The van der Waals surface area contributed by atoms with Crippen LogP contribution in [-0.4, -0.2) is 24.9 Å². The zero-order chi connectivity index (χ0) is 24.4. The quantitative estimate of drug-likeness (QED) is 0.127. The number of methoxy groups -OCH3 is 1. The Morgan fingerprint density at radius 3 is 2.59 bits per heavy atom. The molecule has 0 radical (unpaired) electrons. The molecule has 0 saturated heterocycles. The van der Waals surface area contributed by atoms with Crippen LogP contribution in [0.2, 0.25) is 10.0 Å². The van der Waals surface area contributed by atoms with Gasteiger partial charge in [-0.05, 0) is 92.6 Å². The minimum atomic E-state index is -0.686. The summed E-state index contributed by atoms with van der Waals surface area (Å²) in [4.78, 5) is 29.3. The molecule has 3 aromatic rings. The zero-order valence-corrected chi connectivity index (χ0v) is 22.5. The van der Waals surface area contributed by atoms with Gasteiger partial charge in [0.1, 0.15) is 0 Å². The summed E-state index contributed by atoms with van der Waals surface area (Å²) in [5.74, 6) is -0.880. The molecule has 0 fully saturated rings. The third-order valence-electron chi connectivity index (χ3n) is 4.63. The molecule has 6 nitrogen and oxygen atoms in total. The number of benzene rings is 3. The van der Waals surface area contributed by atoms with E-state index in [0.29, 0.717) is 11.1 Å². The second-order valence-electron chi connectivity index (χ2n) is 6.87. The van der Waals surface area contributed by atoms with Crippen molar-refractivity contribution in [1.82, 2.24) is 0 Å². The molecule has 1 heterocycles. The van der Waals surface area contributed by atoms with E-state index in [1.54, 1.807) is 24.3 Å². The average molecular weight is 673 g/mol. The highest BCUT2D eigenvalue weighted by Crippen LogP contribution is 2.38. The molecule has 0 saturated carbocycles. The van der Waals surface area contributed by atoms with Crippen LogP contribution < -0.4 is 9.47 Å². The Morgan fingerprint density at radius 1 is 1.12 bits per heavy atom. The van der Waals surface area contributed by atoms with Crippen molar-refractivity contribution in [2.75, 3.05) is 7.11 Å². The molecule has 0 unspecified atom stereocenters. The fraction of sp³-hybridized carbons (Fsp3) is 0.0417. The van der Waals surface area contributed by atoms with Crippen LogP contribution in [-0.2, 0) is 9.53 Å². The molecule has 0 bridgehead atoms. The summed E-state index contributed by atoms with van der Waals surface area (Å²) in [6.07, 6.45) is 1.51. The van der Waals surface area contributed by atoms with Crippen LogP contribution in [0.5, 0.6) is 11.5 Å². The van der Waals surface area contributed by atoms with Crippen LogP contribution in [0.1, 0.15) is 21.5 Å². The molecule has 0 spiro atoms. The van der Waals surface area contributed by atoms with Gasteiger partial charge in [0, 0.05) is 13.6 Å². The van der Waals surface area contributed by atoms with E-state index in [1.807, 2.05) is 18.2 Å². The van der Waals surface area contributed by atoms with Gasteiger partial charge >= 0.3 is 11.9 Å². The number of cyclic esters (lactones) is 1. The van der Waals surface area contributed by atoms with Gasteiger partial charge in [-0.2, -0.15) is 0 Å². The highest BCUT2D eigenvalue weighted by atomic mass is 127. The Morgan fingerprint density at radius 2 is 1.88 bits per heavy atom. The van der Waals surface area contributed by atoms with Gasteiger partial charge in [-0.3, -0.25) is 0 Å². The van der Waals surface area contributed by atoms with E-state index in [4.69, 9.17) is 37.4 Å². The molecule has 0 amide bonds. The number of carbonyl (C=O) groups is 2. The number of nitrogens with zero attached hydrogens (tertiary/aromatic N) is 1. The number of hydrogen-bond acceptors (Lipinski definition) is 6. The van der Waals surface area contributed by atoms with Gasteiger partial charge in [-0.15, -0.1) is 0 Å². The number of aliphatic imine (C=N–C) groups is 1. The van der Waals surface area contributed by atoms with Crippen molar-refractivity contribution >= 4 is 85.6 Å². The molecule has 0 N–H and O–H groups in total. The van der Waals surface area contributed by atoms with Crippen molar-refractivity contribution in [2.45, 2.75) is 0 Å². The summed E-state index contributed by atoms with van der Waals surface area (Å²) < 4.78 is 18.0. The fourth-order valence-electron chi connectivity index (χ4n) is 3.02. The van der Waals surface area contributed by atoms with E-state index in [2.05, 4.69) is 43.5 Å². The number of hydrogen-bond donors (Lipinski definition) is 0. The topological polar surface area (TPSA) is 74.2 Å². The molecule has 3 aromatic carbocycles. The Balaban J connectivity index is 1.64. The highest BCUT2D eigenvalue weighted by molar-refractivity contribution is 14.1. The van der Waals surface area contributed by atoms with Gasteiger partial charge < -0.3 is 14.2 Å². The van der Waals surface area contributed by atoms with Crippen molar-refractivity contribution < 1.29 is 23.8 Å². The SMILES string of the molecule is COc1cc(/C=C2\N=C(c3ccc(I)c(Br)c3)OC2=O)cc(Cl)c1OC(=O)c1ccccc1Cl. The Kier molecular flexibility index (Phi) is 7.61. The Hall–Kier alpha value is -2.40. The van der Waals surface area contributed by atoms with Crippen molar-refractivity contribution in [2.24, 2.45) is 4.99 Å². The smallest absolute Gasteiger partial charge is 0.363 e. The predicted molar refractivity (Wildman–Crippen MR) is 142 cm³/mol. The van der Waals surface area contributed by atoms with Crippen molar-refractivity contribution in [3.05, 3.63) is 95.1 Å². The summed E-state index contributed by atoms with van der Waals surface area (Å²) in [6, 6.07) is 15.1. The van der Waals surface area contributed by atoms with Crippen LogP contribution in [0.4, 0.5) is 0 Å². The van der Waals surface area contributed by atoms with Crippen molar-refractivity contribution in [3.63, 3.8) is 0 Å². The van der Waals surface area contributed by atoms with Crippen LogP contribution in [0, 0.1) is 3.57 Å². The third-order valence-corrected chi connectivity index (χ3v) is 7.58. The molecule has 4 rings (SSSR count). The second kappa shape index (κ2) is 10.5. The van der Waals surface area contributed by atoms with E-state index >= 15 is 0 Å². The highest BCUT2D eigenvalue weighted by Gasteiger charge is 2.25. The van der Waals surface area contributed by atoms with E-state index < -0.39 is 11.9 Å². The minimum Gasteiger partial charge on any atom is -0.493 e. The van der Waals surface area contributed by atoms with Gasteiger partial charge in [-0.25, -0.2) is 14.6 Å². The first-order valence-electron chi connectivity index (χ1n) is 9.59. The normalized spacial score (nSPS) is 14.1. The molecule has 1 aliphatic heterocycles. The third kappa shape index (κ3) is 5.30. The lowest BCUT2D eigenvalue weighted by atomic mass is 10.1. The fourth-order valence-corrected chi connectivity index (χ4v) is 4.20. The standard InChI is InChI=1S/C24H13BrCl2INO5/c1-32-20-10-12(8-17(27)21(20)33-23(30)14-4-2-3-5-16(14)26)9-19-24(31)34-22(29-19)13-6-7-18(28)15(25)11-13/h2-11H,1H3/b19-9-. The molecule has 34 heavy (non-hydrogen) atoms. The van der Waals surface area contributed by atoms with Gasteiger partial charge in [0.2, 0.25) is 5.90 Å². The van der Waals surface area contributed by atoms with Gasteiger partial charge in [-0.1, -0.05) is 35.3 Å². The van der Waals surface area contributed by atoms with E-state index in [9.17, 15) is 9.59 Å². The summed E-state index contributed by atoms with van der Waals surface area (Å²) in [5.41, 5.74) is 1.43. The number of halogens is 4. The lowest BCUT2D eigenvalue weighted by molar-refractivity contribution is -0.129. The van der Waals surface area contributed by atoms with Crippen LogP contribution in [0.15, 0.2) is 69.8 Å². The van der Waals surface area contributed by atoms with Gasteiger partial charge in [0.05, 0.1) is 22.7 Å². The molecule has 172 valence electrons. The first-order valence-corrected chi connectivity index (χ1v) is 12.2. The molecular weight excluding hydrogens is 660 g/mol.